The van der Waals surface area contributed by atoms with Gasteiger partial charge in [-0.2, -0.15) is 0 Å². The molecular formula is C15H28N2S. The number of thiophene rings is 1. The highest BCUT2D eigenvalue weighted by molar-refractivity contribution is 7.09. The molecular weight excluding hydrogens is 240 g/mol. The minimum Gasteiger partial charge on any atom is -0.311 e. The summed E-state index contributed by atoms with van der Waals surface area (Å²) in [6.07, 6.45) is 0. The molecule has 0 radical (unpaired) electrons. The van der Waals surface area contributed by atoms with Crippen molar-refractivity contribution in [2.45, 2.75) is 65.7 Å². The highest BCUT2D eigenvalue weighted by atomic mass is 32.1. The molecule has 1 atom stereocenters. The molecule has 1 rings (SSSR count). The van der Waals surface area contributed by atoms with Crippen molar-refractivity contribution in [1.82, 2.24) is 10.2 Å². The van der Waals surface area contributed by atoms with Crippen molar-refractivity contribution in [2.24, 2.45) is 0 Å². The lowest BCUT2D eigenvalue weighted by Crippen LogP contribution is -2.48. The second kappa shape index (κ2) is 6.69. The van der Waals surface area contributed by atoms with Gasteiger partial charge in [0.1, 0.15) is 0 Å². The smallest absolute Gasteiger partial charge is 0.0333 e. The molecule has 1 unspecified atom stereocenters. The van der Waals surface area contributed by atoms with Gasteiger partial charge in [-0.05, 0) is 53.0 Å². The molecule has 1 aromatic rings. The molecule has 0 aliphatic rings. The molecule has 18 heavy (non-hydrogen) atoms. The standard InChI is InChI=1S/C15H28N2S/c1-12(2)17(11-14-8-7-9-18-14)13(3)10-16-15(4,5)6/h7-9,12-13,16H,10-11H2,1-6H3. The maximum Gasteiger partial charge on any atom is 0.0333 e. The van der Waals surface area contributed by atoms with Gasteiger partial charge in [0.15, 0.2) is 0 Å². The highest BCUT2D eigenvalue weighted by Crippen LogP contribution is 2.16. The molecule has 1 N–H and O–H groups in total. The number of hydrogen-bond acceptors (Lipinski definition) is 3. The first-order chi connectivity index (χ1) is 8.29. The molecule has 0 bridgehead atoms. The fourth-order valence-electron chi connectivity index (χ4n) is 2.00. The molecule has 0 amide bonds. The zero-order valence-electron chi connectivity index (χ0n) is 12.7. The molecule has 2 nitrogen and oxygen atoms in total. The van der Waals surface area contributed by atoms with Crippen LogP contribution in [-0.2, 0) is 6.54 Å². The van der Waals surface area contributed by atoms with Gasteiger partial charge in [0.05, 0.1) is 0 Å². The Morgan fingerprint density at radius 1 is 1.28 bits per heavy atom. The lowest BCUT2D eigenvalue weighted by molar-refractivity contribution is 0.147. The van der Waals surface area contributed by atoms with E-state index in [1.54, 1.807) is 0 Å². The molecule has 1 aromatic heterocycles. The maximum atomic E-state index is 3.60. The summed E-state index contributed by atoms with van der Waals surface area (Å²) in [7, 11) is 0. The van der Waals surface area contributed by atoms with Crippen molar-refractivity contribution < 1.29 is 0 Å². The average Bonchev–Trinajstić information content (AvgIpc) is 2.73. The van der Waals surface area contributed by atoms with Gasteiger partial charge < -0.3 is 5.32 Å². The van der Waals surface area contributed by atoms with E-state index in [0.717, 1.165) is 13.1 Å². The predicted octanol–water partition coefficient (Wildman–Crippen LogP) is 3.74. The lowest BCUT2D eigenvalue weighted by Gasteiger charge is -2.34. The molecule has 104 valence electrons. The summed E-state index contributed by atoms with van der Waals surface area (Å²) < 4.78 is 0. The van der Waals surface area contributed by atoms with Gasteiger partial charge in [-0.25, -0.2) is 0 Å². The van der Waals surface area contributed by atoms with E-state index in [4.69, 9.17) is 0 Å². The summed E-state index contributed by atoms with van der Waals surface area (Å²) in [5.74, 6) is 0. The Bertz CT molecular complexity index is 325. The zero-order chi connectivity index (χ0) is 13.8. The zero-order valence-corrected chi connectivity index (χ0v) is 13.5. The summed E-state index contributed by atoms with van der Waals surface area (Å²) in [5.41, 5.74) is 0.194. The third-order valence-corrected chi connectivity index (χ3v) is 3.94. The molecule has 0 fully saturated rings. The molecule has 0 aliphatic heterocycles. The van der Waals surface area contributed by atoms with Crippen molar-refractivity contribution in [3.63, 3.8) is 0 Å². The molecule has 1 heterocycles. The van der Waals surface area contributed by atoms with Gasteiger partial charge in [0.25, 0.3) is 0 Å². The Labute approximate surface area is 116 Å². The average molecular weight is 268 g/mol. The van der Waals surface area contributed by atoms with Crippen LogP contribution in [0.1, 0.15) is 46.4 Å². The number of rotatable bonds is 6. The van der Waals surface area contributed by atoms with Crippen LogP contribution in [0.4, 0.5) is 0 Å². The van der Waals surface area contributed by atoms with Crippen LogP contribution in [0.15, 0.2) is 17.5 Å². The first kappa shape index (κ1) is 15.7. The summed E-state index contributed by atoms with van der Waals surface area (Å²) >= 11 is 1.85. The number of nitrogens with one attached hydrogen (secondary N) is 1. The minimum atomic E-state index is 0.194. The van der Waals surface area contributed by atoms with Gasteiger partial charge in [0.2, 0.25) is 0 Å². The van der Waals surface area contributed by atoms with Crippen LogP contribution in [0.5, 0.6) is 0 Å². The van der Waals surface area contributed by atoms with Crippen LogP contribution in [0.2, 0.25) is 0 Å². The summed E-state index contributed by atoms with van der Waals surface area (Å²) in [4.78, 5) is 4.01. The van der Waals surface area contributed by atoms with E-state index in [0.29, 0.717) is 12.1 Å². The third kappa shape index (κ3) is 5.51. The Morgan fingerprint density at radius 2 is 1.94 bits per heavy atom. The van der Waals surface area contributed by atoms with Crippen molar-refractivity contribution >= 4 is 11.3 Å². The van der Waals surface area contributed by atoms with Gasteiger partial charge >= 0.3 is 0 Å². The van der Waals surface area contributed by atoms with Crippen LogP contribution < -0.4 is 5.32 Å². The van der Waals surface area contributed by atoms with Crippen LogP contribution in [0.25, 0.3) is 0 Å². The van der Waals surface area contributed by atoms with E-state index in [1.807, 2.05) is 11.3 Å². The lowest BCUT2D eigenvalue weighted by atomic mass is 10.1. The SMILES string of the molecule is CC(C)N(Cc1cccs1)C(C)CNC(C)(C)C. The van der Waals surface area contributed by atoms with Crippen molar-refractivity contribution in [2.75, 3.05) is 6.54 Å². The molecule has 0 saturated heterocycles. The van der Waals surface area contributed by atoms with Crippen LogP contribution >= 0.6 is 11.3 Å². The van der Waals surface area contributed by atoms with E-state index in [2.05, 4.69) is 69.3 Å². The molecule has 0 aromatic carbocycles. The first-order valence-corrected chi connectivity index (χ1v) is 7.70. The van der Waals surface area contributed by atoms with E-state index in [9.17, 15) is 0 Å². The van der Waals surface area contributed by atoms with Crippen LogP contribution in [0.3, 0.4) is 0 Å². The van der Waals surface area contributed by atoms with Crippen LogP contribution in [-0.4, -0.2) is 29.1 Å². The molecule has 0 saturated carbocycles. The molecule has 3 heteroatoms. The largest absolute Gasteiger partial charge is 0.311 e. The monoisotopic (exact) mass is 268 g/mol. The van der Waals surface area contributed by atoms with Crippen LogP contribution in [0, 0.1) is 0 Å². The Kier molecular flexibility index (Phi) is 5.83. The second-order valence-electron chi connectivity index (χ2n) is 6.33. The summed E-state index contributed by atoms with van der Waals surface area (Å²) in [6.45, 7) is 15.6. The topological polar surface area (TPSA) is 15.3 Å². The van der Waals surface area contributed by atoms with Gasteiger partial charge in [-0.1, -0.05) is 6.07 Å². The molecule has 0 aliphatic carbocycles. The second-order valence-corrected chi connectivity index (χ2v) is 7.36. The van der Waals surface area contributed by atoms with E-state index < -0.39 is 0 Å². The van der Waals surface area contributed by atoms with Crippen molar-refractivity contribution in [3.05, 3.63) is 22.4 Å². The Hall–Kier alpha value is -0.380. The van der Waals surface area contributed by atoms with E-state index in [1.165, 1.54) is 4.88 Å². The first-order valence-electron chi connectivity index (χ1n) is 6.83. The fourth-order valence-corrected chi connectivity index (χ4v) is 2.71. The quantitative estimate of drug-likeness (QED) is 0.845. The summed E-state index contributed by atoms with van der Waals surface area (Å²) in [5, 5.41) is 5.76. The number of nitrogens with zero attached hydrogens (tertiary/aromatic N) is 1. The van der Waals surface area contributed by atoms with Gasteiger partial charge in [-0.15, -0.1) is 11.3 Å². The van der Waals surface area contributed by atoms with Gasteiger partial charge in [0, 0.05) is 35.6 Å². The Morgan fingerprint density at radius 3 is 2.39 bits per heavy atom. The summed E-state index contributed by atoms with van der Waals surface area (Å²) in [6, 6.07) is 5.48. The fraction of sp³-hybridized carbons (Fsp3) is 0.733. The Balaban J connectivity index is 2.56. The molecule has 0 spiro atoms. The number of hydrogen-bond donors (Lipinski definition) is 1. The predicted molar refractivity (Wildman–Crippen MR) is 82.2 cm³/mol. The maximum absolute atomic E-state index is 3.60. The van der Waals surface area contributed by atoms with Crippen molar-refractivity contribution in [3.8, 4) is 0 Å². The minimum absolute atomic E-state index is 0.194. The van der Waals surface area contributed by atoms with E-state index in [-0.39, 0.29) is 5.54 Å². The van der Waals surface area contributed by atoms with Gasteiger partial charge in [-0.3, -0.25) is 4.90 Å². The normalized spacial score (nSPS) is 14.4. The third-order valence-electron chi connectivity index (χ3n) is 3.08. The highest BCUT2D eigenvalue weighted by Gasteiger charge is 2.19. The van der Waals surface area contributed by atoms with E-state index >= 15 is 0 Å². The van der Waals surface area contributed by atoms with Crippen molar-refractivity contribution in [1.29, 1.82) is 0 Å².